The second-order valence-electron chi connectivity index (χ2n) is 5.82. The molecule has 0 unspecified atom stereocenters. The average molecular weight is 380 g/mol. The van der Waals surface area contributed by atoms with E-state index in [1.165, 1.54) is 11.8 Å². The number of hydrogen-bond acceptors (Lipinski definition) is 6. The summed E-state index contributed by atoms with van der Waals surface area (Å²) in [5.74, 6) is 0.120. The van der Waals surface area contributed by atoms with Crippen molar-refractivity contribution < 1.29 is 19.4 Å². The third-order valence-electron chi connectivity index (χ3n) is 4.17. The highest BCUT2D eigenvalue weighted by Gasteiger charge is 2.26. The topological polar surface area (TPSA) is 79.7 Å². The van der Waals surface area contributed by atoms with Crippen LogP contribution in [0.3, 0.4) is 0 Å². The van der Waals surface area contributed by atoms with Crippen LogP contribution >= 0.6 is 23.1 Å². The van der Waals surface area contributed by atoms with Gasteiger partial charge in [0, 0.05) is 13.1 Å². The zero-order valence-corrected chi connectivity index (χ0v) is 15.6. The number of benzene rings is 1. The van der Waals surface area contributed by atoms with Gasteiger partial charge in [-0.05, 0) is 38.0 Å². The van der Waals surface area contributed by atoms with Gasteiger partial charge in [-0.2, -0.15) is 0 Å². The first-order chi connectivity index (χ1) is 12.1. The number of carbonyl (C=O) groups is 2. The summed E-state index contributed by atoms with van der Waals surface area (Å²) in [6, 6.07) is 5.80. The lowest BCUT2D eigenvalue weighted by Gasteiger charge is -2.29. The predicted octanol–water partition coefficient (Wildman–Crippen LogP) is 3.11. The Morgan fingerprint density at radius 1 is 1.40 bits per heavy atom. The molecule has 1 fully saturated rings. The maximum absolute atomic E-state index is 12.3. The van der Waals surface area contributed by atoms with Gasteiger partial charge in [0.1, 0.15) is 5.75 Å². The average Bonchev–Trinajstić information content (AvgIpc) is 3.02. The van der Waals surface area contributed by atoms with Crippen molar-refractivity contribution in [1.82, 2.24) is 9.88 Å². The van der Waals surface area contributed by atoms with E-state index < -0.39 is 5.97 Å². The second-order valence-corrected chi connectivity index (χ2v) is 8.08. The van der Waals surface area contributed by atoms with Crippen molar-refractivity contribution in [3.63, 3.8) is 0 Å². The Bertz CT molecular complexity index is 769. The summed E-state index contributed by atoms with van der Waals surface area (Å²) in [6.07, 6.45) is 1.07. The van der Waals surface area contributed by atoms with Gasteiger partial charge in [0.05, 0.1) is 28.5 Å². The quantitative estimate of drug-likeness (QED) is 0.776. The van der Waals surface area contributed by atoms with E-state index in [2.05, 4.69) is 4.98 Å². The molecule has 1 aliphatic heterocycles. The number of piperidine rings is 1. The number of carboxylic acid groups (broad SMARTS) is 1. The van der Waals surface area contributed by atoms with Crippen LogP contribution in [0.2, 0.25) is 0 Å². The van der Waals surface area contributed by atoms with E-state index in [0.717, 1.165) is 20.3 Å². The Morgan fingerprint density at radius 2 is 2.16 bits per heavy atom. The molecule has 0 atom stereocenters. The van der Waals surface area contributed by atoms with Gasteiger partial charge in [0.25, 0.3) is 0 Å². The monoisotopic (exact) mass is 380 g/mol. The molecule has 25 heavy (non-hydrogen) atoms. The first-order valence-corrected chi connectivity index (χ1v) is 10.0. The van der Waals surface area contributed by atoms with Crippen molar-refractivity contribution in [2.24, 2.45) is 5.92 Å². The van der Waals surface area contributed by atoms with Crippen LogP contribution in [0.25, 0.3) is 10.2 Å². The van der Waals surface area contributed by atoms with Crippen LogP contribution in [0.1, 0.15) is 19.8 Å². The molecule has 1 N–H and O–H groups in total. The van der Waals surface area contributed by atoms with Crippen LogP contribution in [0, 0.1) is 5.92 Å². The Labute approximate surface area is 154 Å². The highest BCUT2D eigenvalue weighted by atomic mass is 32.2. The predicted molar refractivity (Wildman–Crippen MR) is 98.5 cm³/mol. The van der Waals surface area contributed by atoms with E-state index in [9.17, 15) is 9.59 Å². The Morgan fingerprint density at radius 3 is 2.84 bits per heavy atom. The lowest BCUT2D eigenvalue weighted by Crippen LogP contribution is -2.41. The van der Waals surface area contributed by atoms with E-state index in [0.29, 0.717) is 38.3 Å². The molecule has 134 valence electrons. The SMILES string of the molecule is CCOc1ccc2nc(SCC(=O)N3CCC(C(=O)O)CC3)sc2c1. The number of ether oxygens (including phenoxy) is 1. The van der Waals surface area contributed by atoms with E-state index in [1.54, 1.807) is 16.2 Å². The number of carboxylic acids is 1. The van der Waals surface area contributed by atoms with E-state index in [-0.39, 0.29) is 11.8 Å². The first kappa shape index (κ1) is 18.0. The molecule has 2 heterocycles. The van der Waals surface area contributed by atoms with Crippen molar-refractivity contribution in [3.8, 4) is 5.75 Å². The number of nitrogens with zero attached hydrogens (tertiary/aromatic N) is 2. The maximum atomic E-state index is 12.3. The molecule has 3 rings (SSSR count). The summed E-state index contributed by atoms with van der Waals surface area (Å²) < 4.78 is 7.40. The fourth-order valence-electron chi connectivity index (χ4n) is 2.79. The molecule has 1 amide bonds. The maximum Gasteiger partial charge on any atom is 0.306 e. The molecule has 0 radical (unpaired) electrons. The number of fused-ring (bicyclic) bond motifs is 1. The van der Waals surface area contributed by atoms with Crippen LogP contribution < -0.4 is 4.74 Å². The fraction of sp³-hybridized carbons (Fsp3) is 0.471. The minimum atomic E-state index is -0.762. The lowest BCUT2D eigenvalue weighted by molar-refractivity contribution is -0.145. The van der Waals surface area contributed by atoms with Crippen LogP contribution in [-0.4, -0.2) is 52.3 Å². The van der Waals surface area contributed by atoms with E-state index in [1.807, 2.05) is 25.1 Å². The van der Waals surface area contributed by atoms with E-state index >= 15 is 0 Å². The standard InChI is InChI=1S/C17H20N2O4S2/c1-2-23-12-3-4-13-14(9-12)25-17(18-13)24-10-15(20)19-7-5-11(6-8-19)16(21)22/h3-4,9,11H,2,5-8,10H2,1H3,(H,21,22). The molecular formula is C17H20N2O4S2. The number of thiazole rings is 1. The Balaban J connectivity index is 1.55. The van der Waals surface area contributed by atoms with Gasteiger partial charge in [-0.25, -0.2) is 4.98 Å². The molecule has 2 aromatic rings. The lowest BCUT2D eigenvalue weighted by atomic mass is 9.97. The normalized spacial score (nSPS) is 15.5. The van der Waals surface area contributed by atoms with E-state index in [4.69, 9.17) is 9.84 Å². The number of thioether (sulfide) groups is 1. The van der Waals surface area contributed by atoms with Gasteiger partial charge in [0.15, 0.2) is 4.34 Å². The zero-order valence-electron chi connectivity index (χ0n) is 13.9. The molecule has 1 aliphatic rings. The van der Waals surface area contributed by atoms with Crippen LogP contribution in [0.5, 0.6) is 5.75 Å². The molecule has 1 saturated heterocycles. The zero-order chi connectivity index (χ0) is 17.8. The summed E-state index contributed by atoms with van der Waals surface area (Å²) in [5, 5.41) is 9.01. The van der Waals surface area contributed by atoms with Gasteiger partial charge in [-0.15, -0.1) is 11.3 Å². The molecular weight excluding hydrogens is 360 g/mol. The number of likely N-dealkylation sites (tertiary alicyclic amines) is 1. The van der Waals surface area contributed by atoms with Gasteiger partial charge in [-0.3, -0.25) is 9.59 Å². The van der Waals surface area contributed by atoms with Crippen LogP contribution in [0.4, 0.5) is 0 Å². The van der Waals surface area contributed by atoms with Crippen LogP contribution in [-0.2, 0) is 9.59 Å². The summed E-state index contributed by atoms with van der Waals surface area (Å²) >= 11 is 2.99. The number of aromatic nitrogens is 1. The van der Waals surface area contributed by atoms with Crippen LogP contribution in [0.15, 0.2) is 22.5 Å². The molecule has 0 saturated carbocycles. The molecule has 1 aromatic heterocycles. The number of carbonyl (C=O) groups excluding carboxylic acids is 1. The molecule has 6 nitrogen and oxygen atoms in total. The second kappa shape index (κ2) is 8.05. The smallest absolute Gasteiger partial charge is 0.306 e. The van der Waals surface area contributed by atoms with Crippen molar-refractivity contribution in [1.29, 1.82) is 0 Å². The summed E-state index contributed by atoms with van der Waals surface area (Å²) in [4.78, 5) is 29.6. The van der Waals surface area contributed by atoms with Crippen molar-refractivity contribution >= 4 is 45.2 Å². The Kier molecular flexibility index (Phi) is 5.80. The minimum Gasteiger partial charge on any atom is -0.494 e. The Hall–Kier alpha value is -1.80. The van der Waals surface area contributed by atoms with Gasteiger partial charge >= 0.3 is 5.97 Å². The fourth-order valence-corrected chi connectivity index (χ4v) is 4.79. The van der Waals surface area contributed by atoms with Gasteiger partial charge < -0.3 is 14.7 Å². The largest absolute Gasteiger partial charge is 0.494 e. The number of aliphatic carboxylic acids is 1. The highest BCUT2D eigenvalue weighted by molar-refractivity contribution is 8.01. The van der Waals surface area contributed by atoms with Gasteiger partial charge in [-0.1, -0.05) is 11.8 Å². The summed E-state index contributed by atoms with van der Waals surface area (Å²) in [6.45, 7) is 3.61. The van der Waals surface area contributed by atoms with Crippen molar-refractivity contribution in [2.45, 2.75) is 24.1 Å². The number of rotatable bonds is 6. The molecule has 0 aliphatic carbocycles. The molecule has 8 heteroatoms. The minimum absolute atomic E-state index is 0.0445. The summed E-state index contributed by atoms with van der Waals surface area (Å²) in [5.41, 5.74) is 0.908. The number of hydrogen-bond donors (Lipinski definition) is 1. The first-order valence-electron chi connectivity index (χ1n) is 8.23. The molecule has 0 bridgehead atoms. The third-order valence-corrected chi connectivity index (χ3v) is 6.31. The van der Waals surface area contributed by atoms with Gasteiger partial charge in [0.2, 0.25) is 5.91 Å². The molecule has 1 aromatic carbocycles. The molecule has 0 spiro atoms. The highest BCUT2D eigenvalue weighted by Crippen LogP contribution is 2.32. The van der Waals surface area contributed by atoms with Crippen molar-refractivity contribution in [2.75, 3.05) is 25.4 Å². The van der Waals surface area contributed by atoms with Crippen molar-refractivity contribution in [3.05, 3.63) is 18.2 Å². The third kappa shape index (κ3) is 4.43. The number of amides is 1. The summed E-state index contributed by atoms with van der Waals surface area (Å²) in [7, 11) is 0.